The third-order valence-electron chi connectivity index (χ3n) is 3.58. The van der Waals surface area contributed by atoms with E-state index in [-0.39, 0.29) is 17.6 Å². The fourth-order valence-corrected chi connectivity index (χ4v) is 2.19. The Hall–Kier alpha value is -1.63. The van der Waals surface area contributed by atoms with Crippen molar-refractivity contribution in [2.75, 3.05) is 13.1 Å². The minimum atomic E-state index is -5.45. The molecule has 1 unspecified atom stereocenters. The fraction of sp³-hybridized carbons (Fsp3) is 0.833. The first-order chi connectivity index (χ1) is 11.4. The molecule has 25 heavy (non-hydrogen) atoms. The number of ether oxygens (including phenoxy) is 1. The average Bonchev–Trinajstić information content (AvgIpc) is 3.22. The van der Waals surface area contributed by atoms with Crippen molar-refractivity contribution in [1.29, 1.82) is 0 Å². The highest BCUT2D eigenvalue weighted by atomic mass is 19.4. The first-order valence-corrected chi connectivity index (χ1v) is 7.10. The van der Waals surface area contributed by atoms with E-state index >= 15 is 0 Å². The SMILES string of the molecule is O=C(OC1[C@@H](CNC2CC2)[C@H](F)CN1OC(=O)C(F)(F)F)C(F)(F)F. The molecule has 0 aromatic carbocycles. The van der Waals surface area contributed by atoms with Gasteiger partial charge < -0.3 is 14.9 Å². The van der Waals surface area contributed by atoms with Crippen LogP contribution in [0.1, 0.15) is 12.8 Å². The molecular formula is C12H13F7N2O4. The Labute approximate surface area is 136 Å². The van der Waals surface area contributed by atoms with Crippen LogP contribution in [0.2, 0.25) is 0 Å². The maximum Gasteiger partial charge on any atom is 0.492 e. The van der Waals surface area contributed by atoms with Gasteiger partial charge in [0.2, 0.25) is 0 Å². The lowest BCUT2D eigenvalue weighted by Gasteiger charge is -2.27. The molecule has 2 rings (SSSR count). The highest BCUT2D eigenvalue weighted by Gasteiger charge is 2.53. The molecule has 1 aliphatic carbocycles. The molecule has 0 aromatic rings. The molecule has 1 saturated heterocycles. The van der Waals surface area contributed by atoms with E-state index in [1.165, 1.54) is 0 Å². The third-order valence-corrected chi connectivity index (χ3v) is 3.58. The summed E-state index contributed by atoms with van der Waals surface area (Å²) >= 11 is 0. The molecule has 1 aliphatic heterocycles. The van der Waals surface area contributed by atoms with Crippen LogP contribution in [0.4, 0.5) is 30.7 Å². The molecule has 0 bridgehead atoms. The van der Waals surface area contributed by atoms with E-state index < -0.39 is 49.2 Å². The Bertz CT molecular complexity index is 521. The summed E-state index contributed by atoms with van der Waals surface area (Å²) in [6.07, 6.45) is -13.5. The number of carbonyl (C=O) groups is 2. The minimum Gasteiger partial charge on any atom is -0.436 e. The second kappa shape index (κ2) is 6.94. The van der Waals surface area contributed by atoms with Crippen LogP contribution in [0.5, 0.6) is 0 Å². The van der Waals surface area contributed by atoms with E-state index in [0.29, 0.717) is 0 Å². The number of hydroxylamine groups is 2. The molecule has 6 nitrogen and oxygen atoms in total. The topological polar surface area (TPSA) is 67.9 Å². The number of nitrogens with one attached hydrogen (secondary N) is 1. The van der Waals surface area contributed by atoms with Crippen LogP contribution in [0, 0.1) is 5.92 Å². The third kappa shape index (κ3) is 5.17. The summed E-state index contributed by atoms with van der Waals surface area (Å²) in [6, 6.07) is 0.0120. The number of esters is 1. The Morgan fingerprint density at radius 1 is 1.04 bits per heavy atom. The van der Waals surface area contributed by atoms with E-state index in [9.17, 15) is 40.3 Å². The van der Waals surface area contributed by atoms with Gasteiger partial charge in [0.1, 0.15) is 6.17 Å². The molecule has 2 fully saturated rings. The molecule has 3 atom stereocenters. The number of alkyl halides is 7. The summed E-state index contributed by atoms with van der Waals surface area (Å²) in [7, 11) is 0. The zero-order valence-electron chi connectivity index (χ0n) is 12.4. The largest absolute Gasteiger partial charge is 0.492 e. The van der Waals surface area contributed by atoms with E-state index in [2.05, 4.69) is 14.9 Å². The molecule has 2 aliphatic rings. The van der Waals surface area contributed by atoms with Gasteiger partial charge in [0.25, 0.3) is 0 Å². The van der Waals surface area contributed by atoms with Crippen LogP contribution in [0.25, 0.3) is 0 Å². The van der Waals surface area contributed by atoms with E-state index in [0.717, 1.165) is 12.8 Å². The monoisotopic (exact) mass is 382 g/mol. The second-order valence-corrected chi connectivity index (χ2v) is 5.63. The van der Waals surface area contributed by atoms with Crippen molar-refractivity contribution in [2.24, 2.45) is 5.92 Å². The highest BCUT2D eigenvalue weighted by Crippen LogP contribution is 2.32. The molecule has 0 radical (unpaired) electrons. The van der Waals surface area contributed by atoms with Crippen LogP contribution in [0.15, 0.2) is 0 Å². The van der Waals surface area contributed by atoms with Crippen LogP contribution in [-0.2, 0) is 19.2 Å². The minimum absolute atomic E-state index is 0.0120. The molecular weight excluding hydrogens is 369 g/mol. The predicted molar refractivity (Wildman–Crippen MR) is 64.2 cm³/mol. The maximum atomic E-state index is 14.0. The number of hydrogen-bond donors (Lipinski definition) is 1. The summed E-state index contributed by atoms with van der Waals surface area (Å²) in [4.78, 5) is 25.7. The van der Waals surface area contributed by atoms with E-state index in [1.807, 2.05) is 0 Å². The Balaban J connectivity index is 2.11. The van der Waals surface area contributed by atoms with Gasteiger partial charge in [-0.1, -0.05) is 5.06 Å². The van der Waals surface area contributed by atoms with Gasteiger partial charge in [-0.3, -0.25) is 0 Å². The van der Waals surface area contributed by atoms with Crippen LogP contribution >= 0.6 is 0 Å². The number of hydrogen-bond acceptors (Lipinski definition) is 6. The number of rotatable bonds is 5. The highest BCUT2D eigenvalue weighted by molar-refractivity contribution is 5.76. The van der Waals surface area contributed by atoms with Crippen molar-refractivity contribution in [2.45, 2.75) is 43.6 Å². The average molecular weight is 382 g/mol. The Morgan fingerprint density at radius 3 is 2.08 bits per heavy atom. The predicted octanol–water partition coefficient (Wildman–Crippen LogP) is 1.46. The summed E-state index contributed by atoms with van der Waals surface area (Å²) < 4.78 is 91.8. The van der Waals surface area contributed by atoms with E-state index in [4.69, 9.17) is 0 Å². The van der Waals surface area contributed by atoms with Gasteiger partial charge in [-0.15, -0.1) is 0 Å². The van der Waals surface area contributed by atoms with Gasteiger partial charge in [0, 0.05) is 12.6 Å². The van der Waals surface area contributed by atoms with Crippen molar-refractivity contribution < 1.29 is 49.9 Å². The van der Waals surface area contributed by atoms with Gasteiger partial charge in [0.05, 0.1) is 12.5 Å². The molecule has 0 amide bonds. The van der Waals surface area contributed by atoms with Crippen LogP contribution in [0.3, 0.4) is 0 Å². The molecule has 13 heteroatoms. The summed E-state index contributed by atoms with van der Waals surface area (Å²) in [6.45, 7) is -1.23. The maximum absolute atomic E-state index is 14.0. The standard InChI is InChI=1S/C12H13F7N2O4/c13-7-4-21(25-10(23)12(17,18)19)8(24-9(22)11(14,15)16)6(7)3-20-5-1-2-5/h5-8,20H,1-4H2/t6-,7+,8?/m0/s1. The van der Waals surface area contributed by atoms with Gasteiger partial charge in [-0.05, 0) is 12.8 Å². The van der Waals surface area contributed by atoms with Crippen molar-refractivity contribution >= 4 is 11.9 Å². The smallest absolute Gasteiger partial charge is 0.436 e. The molecule has 144 valence electrons. The van der Waals surface area contributed by atoms with Crippen molar-refractivity contribution in [3.63, 3.8) is 0 Å². The zero-order valence-corrected chi connectivity index (χ0v) is 12.4. The molecule has 1 heterocycles. The number of nitrogens with zero attached hydrogens (tertiary/aromatic N) is 1. The normalized spacial score (nSPS) is 28.0. The van der Waals surface area contributed by atoms with Crippen molar-refractivity contribution in [3.8, 4) is 0 Å². The van der Waals surface area contributed by atoms with Crippen LogP contribution < -0.4 is 5.32 Å². The zero-order chi connectivity index (χ0) is 19.0. The molecule has 0 aromatic heterocycles. The molecule has 1 N–H and O–H groups in total. The molecule has 1 saturated carbocycles. The van der Waals surface area contributed by atoms with Gasteiger partial charge in [0.15, 0.2) is 6.23 Å². The number of carbonyl (C=O) groups excluding carboxylic acids is 2. The lowest BCUT2D eigenvalue weighted by atomic mass is 10.1. The van der Waals surface area contributed by atoms with Crippen molar-refractivity contribution in [1.82, 2.24) is 10.4 Å². The number of halogens is 7. The van der Waals surface area contributed by atoms with Gasteiger partial charge in [-0.2, -0.15) is 26.3 Å². The van der Waals surface area contributed by atoms with Crippen LogP contribution in [-0.4, -0.2) is 60.9 Å². The quantitative estimate of drug-likeness (QED) is 0.574. The summed E-state index contributed by atoms with van der Waals surface area (Å²) in [5.74, 6) is -6.92. The van der Waals surface area contributed by atoms with Gasteiger partial charge >= 0.3 is 24.3 Å². The fourth-order valence-electron chi connectivity index (χ4n) is 2.19. The first kappa shape index (κ1) is 19.7. The molecule has 0 spiro atoms. The first-order valence-electron chi connectivity index (χ1n) is 7.10. The van der Waals surface area contributed by atoms with Crippen molar-refractivity contribution in [3.05, 3.63) is 0 Å². The lowest BCUT2D eigenvalue weighted by Crippen LogP contribution is -2.45. The lowest BCUT2D eigenvalue weighted by molar-refractivity contribution is -0.271. The summed E-state index contributed by atoms with van der Waals surface area (Å²) in [5, 5.41) is 2.75. The van der Waals surface area contributed by atoms with E-state index in [1.54, 1.807) is 0 Å². The Morgan fingerprint density at radius 2 is 1.60 bits per heavy atom. The summed E-state index contributed by atoms with van der Waals surface area (Å²) in [5.41, 5.74) is 0. The van der Waals surface area contributed by atoms with Gasteiger partial charge in [-0.25, -0.2) is 14.0 Å². The Kier molecular flexibility index (Phi) is 5.47. The second-order valence-electron chi connectivity index (χ2n) is 5.63.